The van der Waals surface area contributed by atoms with Gasteiger partial charge in [0.15, 0.2) is 0 Å². The molecule has 0 fully saturated rings. The van der Waals surface area contributed by atoms with E-state index < -0.39 is 5.56 Å². The maximum atomic E-state index is 13.5. The molecular weight excluding hydrogens is 550 g/mol. The molecular formula is C32H25N5O4S. The van der Waals surface area contributed by atoms with Crippen LogP contribution in [0.15, 0.2) is 88.6 Å². The number of nitrogens with zero attached hydrogens (tertiary/aromatic N) is 5. The molecule has 0 radical (unpaired) electrons. The van der Waals surface area contributed by atoms with E-state index in [0.29, 0.717) is 4.53 Å². The van der Waals surface area contributed by atoms with Crippen molar-refractivity contribution >= 4 is 22.4 Å². The normalized spacial score (nSPS) is 14.7. The molecule has 0 saturated heterocycles. The first-order valence-electron chi connectivity index (χ1n) is 13.5. The monoisotopic (exact) mass is 575 g/mol. The molecule has 3 aromatic heterocycles. The first kappa shape index (κ1) is 25.8. The average Bonchev–Trinajstić information content (AvgIpc) is 3.68. The van der Waals surface area contributed by atoms with Crippen molar-refractivity contribution in [1.29, 1.82) is 0 Å². The fourth-order valence-electron chi connectivity index (χ4n) is 5.13. The topological polar surface area (TPSA) is 101 Å². The van der Waals surface area contributed by atoms with Crippen LogP contribution in [0.4, 0.5) is 0 Å². The van der Waals surface area contributed by atoms with Gasteiger partial charge in [-0.3, -0.25) is 9.59 Å². The Hall–Kier alpha value is -5.09. The summed E-state index contributed by atoms with van der Waals surface area (Å²) in [5.41, 5.74) is 4.71. The molecule has 1 atom stereocenters. The fraction of sp³-hybridized carbons (Fsp3) is 0.156. The Morgan fingerprint density at radius 2 is 1.86 bits per heavy atom. The summed E-state index contributed by atoms with van der Waals surface area (Å²) in [6, 6.07) is 23.2. The van der Waals surface area contributed by atoms with Gasteiger partial charge in [-0.05, 0) is 66.6 Å². The molecule has 208 valence electrons. The molecule has 42 heavy (non-hydrogen) atoms. The van der Waals surface area contributed by atoms with Crippen LogP contribution in [0.5, 0.6) is 11.5 Å². The Kier molecular flexibility index (Phi) is 6.39. The lowest BCUT2D eigenvalue weighted by molar-refractivity contribution is 0.254. The Bertz CT molecular complexity index is 2120. The molecule has 0 N–H and O–H groups in total. The van der Waals surface area contributed by atoms with Gasteiger partial charge in [0.1, 0.15) is 29.0 Å². The number of hydrogen-bond acceptors (Lipinski definition) is 8. The number of para-hydroxylation sites is 1. The van der Waals surface area contributed by atoms with Gasteiger partial charge in [0.05, 0.1) is 17.3 Å². The quantitative estimate of drug-likeness (QED) is 0.298. The van der Waals surface area contributed by atoms with Crippen molar-refractivity contribution in [2.45, 2.75) is 25.9 Å². The maximum absolute atomic E-state index is 13.5. The molecule has 0 bridgehead atoms. The second kappa shape index (κ2) is 10.4. The summed E-state index contributed by atoms with van der Waals surface area (Å²) in [4.78, 5) is 30.8. The van der Waals surface area contributed by atoms with Gasteiger partial charge in [-0.2, -0.15) is 19.7 Å². The van der Waals surface area contributed by atoms with Crippen LogP contribution in [0.3, 0.4) is 0 Å². The number of thiazole rings is 1. The molecule has 0 aliphatic carbocycles. The van der Waals surface area contributed by atoms with Crippen molar-refractivity contribution in [3.8, 4) is 28.4 Å². The first-order valence-corrected chi connectivity index (χ1v) is 14.3. The largest absolute Gasteiger partial charge is 0.497 e. The second-order valence-corrected chi connectivity index (χ2v) is 11.2. The number of methoxy groups -OCH3 is 1. The highest BCUT2D eigenvalue weighted by Gasteiger charge is 2.21. The van der Waals surface area contributed by atoms with Gasteiger partial charge in [0, 0.05) is 30.2 Å². The third-order valence-electron chi connectivity index (χ3n) is 7.20. The summed E-state index contributed by atoms with van der Waals surface area (Å²) in [6.45, 7) is 2.05. The van der Waals surface area contributed by atoms with E-state index >= 15 is 0 Å². The summed E-state index contributed by atoms with van der Waals surface area (Å²) < 4.78 is 14.5. The van der Waals surface area contributed by atoms with Crippen LogP contribution in [0.25, 0.3) is 28.0 Å². The van der Waals surface area contributed by atoms with E-state index in [9.17, 15) is 9.59 Å². The molecule has 3 aromatic carbocycles. The Balaban J connectivity index is 1.33. The van der Waals surface area contributed by atoms with Gasteiger partial charge in [-0.1, -0.05) is 41.7 Å². The molecule has 0 unspecified atom stereocenters. The zero-order chi connectivity index (χ0) is 28.8. The van der Waals surface area contributed by atoms with Gasteiger partial charge in [0.2, 0.25) is 4.96 Å². The lowest BCUT2D eigenvalue weighted by Crippen LogP contribution is -2.28. The van der Waals surface area contributed by atoms with Gasteiger partial charge >= 0.3 is 0 Å². The summed E-state index contributed by atoms with van der Waals surface area (Å²) in [5, 5.41) is 9.32. The number of rotatable bonds is 6. The fourth-order valence-corrected chi connectivity index (χ4v) is 6.02. The summed E-state index contributed by atoms with van der Waals surface area (Å²) in [7, 11) is 1.60. The van der Waals surface area contributed by atoms with Crippen molar-refractivity contribution in [3.05, 3.63) is 127 Å². The molecule has 0 amide bonds. The standard InChI is InChI=1S/C32H25N5O4S/c1-19-14-22-16-21(10-13-27(22)41-19)29-23(18-36(35-29)24-6-4-3-5-7-24)17-28-31(39)37-32(42-28)33-30(38)26(34-37)15-20-8-11-25(40-2)12-9-20/h3-13,16-19H,14-15H2,1-2H3/b28-17-/t19-/m0/s1. The number of fused-ring (bicyclic) bond motifs is 2. The van der Waals surface area contributed by atoms with Crippen LogP contribution < -0.4 is 25.1 Å². The van der Waals surface area contributed by atoms with Gasteiger partial charge in [-0.15, -0.1) is 0 Å². The minimum absolute atomic E-state index is 0.127. The number of hydrogen-bond donors (Lipinski definition) is 0. The van der Waals surface area contributed by atoms with E-state index in [2.05, 4.69) is 23.1 Å². The SMILES string of the molecule is COc1ccc(Cc2nn3c(=O)/c(=C/c4cn(-c5ccccc5)nc4-c4ccc5c(c4)C[C@H](C)O5)sc3nc2=O)cc1. The highest BCUT2D eigenvalue weighted by molar-refractivity contribution is 7.15. The van der Waals surface area contributed by atoms with Crippen LogP contribution in [-0.2, 0) is 12.8 Å². The zero-order valence-corrected chi connectivity index (χ0v) is 23.7. The molecule has 4 heterocycles. The zero-order valence-electron chi connectivity index (χ0n) is 22.9. The van der Waals surface area contributed by atoms with Crippen molar-refractivity contribution in [2.75, 3.05) is 7.11 Å². The number of ether oxygens (including phenoxy) is 2. The third kappa shape index (κ3) is 4.75. The highest BCUT2D eigenvalue weighted by atomic mass is 32.1. The first-order chi connectivity index (χ1) is 20.4. The second-order valence-electron chi connectivity index (χ2n) is 10.2. The summed E-state index contributed by atoms with van der Waals surface area (Å²) in [5.74, 6) is 1.60. The Morgan fingerprint density at radius 1 is 1.05 bits per heavy atom. The van der Waals surface area contributed by atoms with Crippen LogP contribution >= 0.6 is 11.3 Å². The van der Waals surface area contributed by atoms with Crippen molar-refractivity contribution in [3.63, 3.8) is 0 Å². The summed E-state index contributed by atoms with van der Waals surface area (Å²) >= 11 is 1.13. The number of aromatic nitrogens is 5. The third-order valence-corrected chi connectivity index (χ3v) is 8.16. The molecule has 1 aliphatic heterocycles. The van der Waals surface area contributed by atoms with E-state index in [0.717, 1.165) is 62.9 Å². The lowest BCUT2D eigenvalue weighted by atomic mass is 10.0. The smallest absolute Gasteiger partial charge is 0.296 e. The molecule has 0 spiro atoms. The van der Waals surface area contributed by atoms with E-state index in [1.807, 2.05) is 72.9 Å². The average molecular weight is 576 g/mol. The van der Waals surface area contributed by atoms with E-state index in [1.54, 1.807) is 17.9 Å². The van der Waals surface area contributed by atoms with Gasteiger partial charge < -0.3 is 9.47 Å². The van der Waals surface area contributed by atoms with Gasteiger partial charge in [-0.25, -0.2) is 4.68 Å². The predicted molar refractivity (Wildman–Crippen MR) is 161 cm³/mol. The molecule has 7 rings (SSSR count). The van der Waals surface area contributed by atoms with Crippen LogP contribution in [-0.4, -0.2) is 37.6 Å². The van der Waals surface area contributed by atoms with Crippen LogP contribution in [0.2, 0.25) is 0 Å². The number of benzene rings is 3. The minimum Gasteiger partial charge on any atom is -0.497 e. The summed E-state index contributed by atoms with van der Waals surface area (Å²) in [6.07, 6.45) is 4.91. The van der Waals surface area contributed by atoms with E-state index in [4.69, 9.17) is 14.6 Å². The molecule has 0 saturated carbocycles. The molecule has 9 nitrogen and oxygen atoms in total. The Labute approximate surface area is 243 Å². The molecule has 1 aliphatic rings. The van der Waals surface area contributed by atoms with Crippen molar-refractivity contribution in [1.82, 2.24) is 24.4 Å². The Morgan fingerprint density at radius 3 is 2.64 bits per heavy atom. The molecule has 10 heteroatoms. The molecule has 6 aromatic rings. The maximum Gasteiger partial charge on any atom is 0.296 e. The highest BCUT2D eigenvalue weighted by Crippen LogP contribution is 2.34. The minimum atomic E-state index is -0.453. The van der Waals surface area contributed by atoms with E-state index in [-0.39, 0.29) is 28.7 Å². The van der Waals surface area contributed by atoms with Crippen LogP contribution in [0, 0.1) is 0 Å². The van der Waals surface area contributed by atoms with E-state index in [1.165, 1.54) is 4.52 Å². The van der Waals surface area contributed by atoms with Crippen molar-refractivity contribution < 1.29 is 9.47 Å². The van der Waals surface area contributed by atoms with Crippen molar-refractivity contribution in [2.24, 2.45) is 0 Å². The predicted octanol–water partition coefficient (Wildman–Crippen LogP) is 3.83. The lowest BCUT2D eigenvalue weighted by Gasteiger charge is -2.04. The van der Waals surface area contributed by atoms with Gasteiger partial charge in [0.25, 0.3) is 11.1 Å². The van der Waals surface area contributed by atoms with Crippen LogP contribution in [0.1, 0.15) is 29.3 Å².